The fraction of sp³-hybridized carbons (Fsp3) is 0.571. The Balaban J connectivity index is 1.31. The monoisotopic (exact) mass is 884 g/mol. The average molecular weight is 886 g/mol. The summed E-state index contributed by atoms with van der Waals surface area (Å²) in [5, 5.41) is 5.56. The van der Waals surface area contributed by atoms with Crippen LogP contribution in [0.4, 0.5) is 4.79 Å². The summed E-state index contributed by atoms with van der Waals surface area (Å²) in [6.07, 6.45) is 0.887. The number of amides is 4. The molecule has 0 spiro atoms. The van der Waals surface area contributed by atoms with E-state index in [1.54, 1.807) is 39.0 Å². The fourth-order valence-corrected chi connectivity index (χ4v) is 10.7. The van der Waals surface area contributed by atoms with E-state index in [9.17, 15) is 27.6 Å². The lowest BCUT2D eigenvalue weighted by Gasteiger charge is -2.49. The van der Waals surface area contributed by atoms with Crippen molar-refractivity contribution >= 4 is 67.7 Å². The third-order valence-corrected chi connectivity index (χ3v) is 14.5. The molecule has 2 N–H and O–H groups in total. The molecule has 4 amide bonds. The standard InChI is InChI=1S/C42H53ClN6O9S2/c1-11-22-18-42(22,38(52)47-60(54,55)23-12-13-23)46-35(50)27-17-31(28-19-48(39(53)58-41(7,8)9)34(40(4,5)6)37(51)49(27)28)57-30-16-25(36-45-26(20-59-36)21(2)3)44-33-24(30)14-15-29(56-10)32(33)43/h11,14-16,20-23,27-28,31,34H,1,12-13,17-19H2,2-10H3,(H,46,50)(H,47,52)/t22-,27+,28-,31-,34+,42-/m1/s1. The maximum absolute atomic E-state index is 15.0. The van der Waals surface area contributed by atoms with Crippen LogP contribution in [-0.4, -0.2) is 106 Å². The van der Waals surface area contributed by atoms with Crippen LogP contribution >= 0.6 is 22.9 Å². The molecule has 2 aromatic heterocycles. The molecule has 7 rings (SSSR count). The number of hydrogen-bond donors (Lipinski definition) is 2. The van der Waals surface area contributed by atoms with Crippen molar-refractivity contribution in [2.75, 3.05) is 13.7 Å². The number of pyridine rings is 1. The summed E-state index contributed by atoms with van der Waals surface area (Å²) < 4.78 is 46.2. The molecule has 0 radical (unpaired) electrons. The van der Waals surface area contributed by atoms with Gasteiger partial charge in [-0.3, -0.25) is 24.0 Å². The first kappa shape index (κ1) is 43.6. The minimum absolute atomic E-state index is 0.0458. The highest BCUT2D eigenvalue weighted by atomic mass is 35.5. The van der Waals surface area contributed by atoms with E-state index >= 15 is 0 Å². The van der Waals surface area contributed by atoms with Crippen LogP contribution in [0.2, 0.25) is 5.02 Å². The van der Waals surface area contributed by atoms with E-state index < -0.39 is 85.8 Å². The number of hydrogen-bond acceptors (Lipinski definition) is 12. The minimum Gasteiger partial charge on any atom is -0.495 e. The molecule has 18 heteroatoms. The molecular formula is C42H53ClN6O9S2. The highest BCUT2D eigenvalue weighted by Crippen LogP contribution is 2.47. The van der Waals surface area contributed by atoms with E-state index in [1.807, 2.05) is 40.0 Å². The van der Waals surface area contributed by atoms with Crippen LogP contribution in [0.5, 0.6) is 11.5 Å². The number of halogens is 1. The van der Waals surface area contributed by atoms with Gasteiger partial charge in [0.1, 0.15) is 56.6 Å². The van der Waals surface area contributed by atoms with Crippen molar-refractivity contribution in [3.63, 3.8) is 0 Å². The number of nitrogens with zero attached hydrogens (tertiary/aromatic N) is 4. The summed E-state index contributed by atoms with van der Waals surface area (Å²) in [4.78, 5) is 70.0. The second-order valence-electron chi connectivity index (χ2n) is 18.5. The van der Waals surface area contributed by atoms with Gasteiger partial charge in [-0.05, 0) is 63.5 Å². The lowest BCUT2D eigenvalue weighted by Crippen LogP contribution is -2.69. The van der Waals surface area contributed by atoms with Crippen molar-refractivity contribution in [1.82, 2.24) is 29.8 Å². The molecule has 2 aliphatic heterocycles. The molecule has 2 saturated heterocycles. The summed E-state index contributed by atoms with van der Waals surface area (Å²) in [6, 6.07) is 2.11. The van der Waals surface area contributed by atoms with Crippen molar-refractivity contribution in [2.45, 2.75) is 128 Å². The second kappa shape index (κ2) is 15.5. The van der Waals surface area contributed by atoms with E-state index in [2.05, 4.69) is 16.6 Å². The summed E-state index contributed by atoms with van der Waals surface area (Å²) in [5.74, 6) is -1.66. The van der Waals surface area contributed by atoms with Crippen LogP contribution < -0.4 is 19.5 Å². The molecule has 60 heavy (non-hydrogen) atoms. The van der Waals surface area contributed by atoms with E-state index in [-0.39, 0.29) is 30.3 Å². The third-order valence-electron chi connectivity index (χ3n) is 11.4. The van der Waals surface area contributed by atoms with Crippen LogP contribution in [0.1, 0.15) is 92.7 Å². The number of nitrogens with one attached hydrogen (secondary N) is 2. The predicted molar refractivity (Wildman–Crippen MR) is 227 cm³/mol. The summed E-state index contributed by atoms with van der Waals surface area (Å²) in [5.41, 5.74) is -1.52. The van der Waals surface area contributed by atoms with Gasteiger partial charge in [0.15, 0.2) is 0 Å². The smallest absolute Gasteiger partial charge is 0.411 e. The van der Waals surface area contributed by atoms with E-state index in [1.165, 1.54) is 34.3 Å². The van der Waals surface area contributed by atoms with Crippen molar-refractivity contribution in [1.29, 1.82) is 0 Å². The normalized spacial score (nSPS) is 25.5. The zero-order chi connectivity index (χ0) is 43.9. The number of piperazine rings is 1. The van der Waals surface area contributed by atoms with Gasteiger partial charge in [-0.1, -0.05) is 52.3 Å². The van der Waals surface area contributed by atoms with E-state index in [0.717, 1.165) is 5.69 Å². The number of fused-ring (bicyclic) bond motifs is 2. The summed E-state index contributed by atoms with van der Waals surface area (Å²) >= 11 is 8.30. The van der Waals surface area contributed by atoms with Crippen molar-refractivity contribution in [3.05, 3.63) is 47.0 Å². The van der Waals surface area contributed by atoms with Crippen molar-refractivity contribution in [3.8, 4) is 22.2 Å². The summed E-state index contributed by atoms with van der Waals surface area (Å²) in [7, 11) is -2.43. The quantitative estimate of drug-likeness (QED) is 0.209. The molecule has 2 saturated carbocycles. The molecule has 15 nitrogen and oxygen atoms in total. The van der Waals surface area contributed by atoms with Crippen LogP contribution in [0.25, 0.3) is 21.6 Å². The number of thiazole rings is 1. The van der Waals surface area contributed by atoms with Crippen molar-refractivity contribution in [2.24, 2.45) is 11.3 Å². The largest absolute Gasteiger partial charge is 0.495 e. The highest BCUT2D eigenvalue weighted by Gasteiger charge is 2.64. The Morgan fingerprint density at radius 3 is 2.37 bits per heavy atom. The van der Waals surface area contributed by atoms with Crippen LogP contribution in [0.15, 0.2) is 36.2 Å². The zero-order valence-electron chi connectivity index (χ0n) is 35.3. The Labute approximate surface area is 359 Å². The van der Waals surface area contributed by atoms with Gasteiger partial charge in [-0.15, -0.1) is 17.9 Å². The Bertz CT molecular complexity index is 2370. The lowest BCUT2D eigenvalue weighted by molar-refractivity contribution is -0.155. The van der Waals surface area contributed by atoms with E-state index in [4.69, 9.17) is 35.8 Å². The van der Waals surface area contributed by atoms with Gasteiger partial charge < -0.3 is 24.4 Å². The number of rotatable bonds is 11. The fourth-order valence-electron chi connectivity index (χ4n) is 8.13. The second-order valence-corrected chi connectivity index (χ2v) is 21.7. The lowest BCUT2D eigenvalue weighted by atomic mass is 9.82. The maximum Gasteiger partial charge on any atom is 0.411 e. The maximum atomic E-state index is 15.0. The van der Waals surface area contributed by atoms with Crippen LogP contribution in [0, 0.1) is 11.3 Å². The number of carbonyl (C=O) groups is 4. The van der Waals surface area contributed by atoms with Gasteiger partial charge in [-0.25, -0.2) is 23.2 Å². The summed E-state index contributed by atoms with van der Waals surface area (Å²) in [6.45, 7) is 18.6. The van der Waals surface area contributed by atoms with E-state index in [0.29, 0.717) is 45.9 Å². The number of methoxy groups -OCH3 is 1. The highest BCUT2D eigenvalue weighted by molar-refractivity contribution is 7.91. The van der Waals surface area contributed by atoms with Crippen LogP contribution in [-0.2, 0) is 29.1 Å². The molecule has 2 aliphatic carbocycles. The van der Waals surface area contributed by atoms with Gasteiger partial charge in [0, 0.05) is 35.7 Å². The molecule has 0 bridgehead atoms. The third kappa shape index (κ3) is 8.16. The predicted octanol–water partition coefficient (Wildman–Crippen LogP) is 6.20. The van der Waals surface area contributed by atoms with Crippen molar-refractivity contribution < 1.29 is 41.8 Å². The molecule has 4 heterocycles. The first-order valence-electron chi connectivity index (χ1n) is 20.1. The molecular weight excluding hydrogens is 832 g/mol. The van der Waals surface area contributed by atoms with Gasteiger partial charge in [0.25, 0.3) is 5.91 Å². The first-order chi connectivity index (χ1) is 28.0. The average Bonchev–Trinajstić information content (AvgIpc) is 4.04. The molecule has 6 atom stereocenters. The number of ether oxygens (including phenoxy) is 3. The Morgan fingerprint density at radius 1 is 1.10 bits per heavy atom. The van der Waals surface area contributed by atoms with Gasteiger partial charge >= 0.3 is 6.09 Å². The molecule has 3 aromatic rings. The van der Waals surface area contributed by atoms with Gasteiger partial charge in [0.05, 0.1) is 29.6 Å². The zero-order valence-corrected chi connectivity index (χ0v) is 37.7. The van der Waals surface area contributed by atoms with Gasteiger partial charge in [0.2, 0.25) is 21.8 Å². The molecule has 1 aromatic carbocycles. The SMILES string of the molecule is C=C[C@@H]1C[C@]1(NC(=O)[C@@H]1C[C@@H](Oc2cc(-c3nc(C(C)C)cs3)nc3c(Cl)c(OC)ccc23)[C@H]2CN(C(=O)OC(C)(C)C)[C@H](C(C)(C)C)C(=O)N21)C(=O)NS(=O)(=O)C1CC1. The number of sulfonamides is 1. The van der Waals surface area contributed by atoms with Gasteiger partial charge in [-0.2, -0.15) is 0 Å². The Morgan fingerprint density at radius 2 is 1.80 bits per heavy atom. The number of benzene rings is 1. The molecule has 0 unspecified atom stereocenters. The number of aromatic nitrogens is 2. The first-order valence-corrected chi connectivity index (χ1v) is 22.9. The molecule has 4 aliphatic rings. The minimum atomic E-state index is -3.94. The Kier molecular flexibility index (Phi) is 11.2. The molecule has 4 fully saturated rings. The molecule has 324 valence electrons. The topological polar surface area (TPSA) is 186 Å². The van der Waals surface area contributed by atoms with Crippen LogP contribution in [0.3, 0.4) is 0 Å². The number of carbonyl (C=O) groups excluding carboxylic acids is 4. The Hall–Kier alpha value is -4.48.